The second kappa shape index (κ2) is 7.35. The summed E-state index contributed by atoms with van der Waals surface area (Å²) >= 11 is 1.56. The van der Waals surface area contributed by atoms with Gasteiger partial charge in [-0.3, -0.25) is 0 Å². The number of nitrogens with one attached hydrogen (secondary N) is 2. The molecule has 0 bridgehead atoms. The van der Waals surface area contributed by atoms with Crippen LogP contribution in [0.3, 0.4) is 0 Å². The van der Waals surface area contributed by atoms with Gasteiger partial charge in [0.15, 0.2) is 16.8 Å². The first-order valence-electron chi connectivity index (χ1n) is 7.89. The van der Waals surface area contributed by atoms with Crippen LogP contribution in [-0.4, -0.2) is 21.6 Å². The van der Waals surface area contributed by atoms with E-state index in [1.165, 1.54) is 6.33 Å². The number of benzene rings is 1. The van der Waals surface area contributed by atoms with Crippen molar-refractivity contribution >= 4 is 39.5 Å². The molecular formula is C17H20N6OS. The average Bonchev–Trinajstić information content (AvgIpc) is 2.91. The van der Waals surface area contributed by atoms with Crippen molar-refractivity contribution in [2.45, 2.75) is 20.8 Å². The predicted molar refractivity (Wildman–Crippen MR) is 102 cm³/mol. The highest BCUT2D eigenvalue weighted by molar-refractivity contribution is 7.15. The van der Waals surface area contributed by atoms with Crippen LogP contribution in [0.4, 0.5) is 28.1 Å². The molecule has 0 saturated heterocycles. The number of nitrogen functional groups attached to an aromatic ring is 1. The molecule has 0 atom stereocenters. The number of rotatable bonds is 6. The first-order valence-corrected chi connectivity index (χ1v) is 8.70. The van der Waals surface area contributed by atoms with E-state index in [2.05, 4.69) is 25.6 Å². The zero-order valence-electron chi connectivity index (χ0n) is 14.3. The minimum atomic E-state index is 0.416. The molecule has 3 aromatic rings. The van der Waals surface area contributed by atoms with Crippen molar-refractivity contribution in [1.29, 1.82) is 0 Å². The standard InChI is InChI=1S/C17H20N6OS/c1-4-24-13-8-6-5-7-12(13)22-15-14(18)16(20-9-19-15)23-17-21-10(2)11(3)25-17/h5-9H,4,18H2,1-3H3,(H2,19,20,21,22,23). The molecular weight excluding hydrogens is 336 g/mol. The number of hydrogen-bond donors (Lipinski definition) is 3. The fourth-order valence-electron chi connectivity index (χ4n) is 2.20. The first kappa shape index (κ1) is 17.0. The summed E-state index contributed by atoms with van der Waals surface area (Å²) < 4.78 is 5.62. The molecule has 0 spiro atoms. The van der Waals surface area contributed by atoms with Gasteiger partial charge in [-0.2, -0.15) is 0 Å². The van der Waals surface area contributed by atoms with E-state index in [0.717, 1.165) is 27.1 Å². The number of nitrogens with zero attached hydrogens (tertiary/aromatic N) is 3. The second-order valence-corrected chi connectivity index (χ2v) is 6.53. The lowest BCUT2D eigenvalue weighted by molar-refractivity contribution is 0.342. The number of nitrogens with two attached hydrogens (primary N) is 1. The number of aromatic nitrogens is 3. The van der Waals surface area contributed by atoms with E-state index in [0.29, 0.717) is 23.9 Å². The van der Waals surface area contributed by atoms with Crippen molar-refractivity contribution in [3.63, 3.8) is 0 Å². The van der Waals surface area contributed by atoms with Crippen LogP contribution >= 0.6 is 11.3 Å². The molecule has 0 aliphatic heterocycles. The van der Waals surface area contributed by atoms with E-state index < -0.39 is 0 Å². The number of para-hydroxylation sites is 2. The van der Waals surface area contributed by atoms with Crippen LogP contribution in [0.5, 0.6) is 5.75 Å². The van der Waals surface area contributed by atoms with E-state index in [1.54, 1.807) is 11.3 Å². The Kier molecular flexibility index (Phi) is 4.99. The van der Waals surface area contributed by atoms with Crippen molar-refractivity contribution in [2.75, 3.05) is 23.0 Å². The normalized spacial score (nSPS) is 10.5. The van der Waals surface area contributed by atoms with Crippen molar-refractivity contribution in [1.82, 2.24) is 15.0 Å². The van der Waals surface area contributed by atoms with Crippen LogP contribution in [-0.2, 0) is 0 Å². The number of thiazole rings is 1. The van der Waals surface area contributed by atoms with Crippen LogP contribution in [0.15, 0.2) is 30.6 Å². The highest BCUT2D eigenvalue weighted by Gasteiger charge is 2.12. The molecule has 4 N–H and O–H groups in total. The van der Waals surface area contributed by atoms with Crippen molar-refractivity contribution < 1.29 is 4.74 Å². The Balaban J connectivity index is 1.86. The van der Waals surface area contributed by atoms with E-state index in [-0.39, 0.29) is 0 Å². The highest BCUT2D eigenvalue weighted by atomic mass is 32.1. The molecule has 0 aliphatic carbocycles. The Hall–Kier alpha value is -2.87. The third-order valence-electron chi connectivity index (χ3n) is 3.58. The predicted octanol–water partition coefficient (Wildman–Crippen LogP) is 4.02. The van der Waals surface area contributed by atoms with Gasteiger partial charge in [0, 0.05) is 4.88 Å². The van der Waals surface area contributed by atoms with Crippen molar-refractivity contribution in [3.8, 4) is 5.75 Å². The third kappa shape index (κ3) is 3.80. The Morgan fingerprint density at radius 2 is 1.84 bits per heavy atom. The molecule has 25 heavy (non-hydrogen) atoms. The first-order chi connectivity index (χ1) is 12.1. The molecule has 0 unspecified atom stereocenters. The topological polar surface area (TPSA) is 98.0 Å². The molecule has 2 heterocycles. The van der Waals surface area contributed by atoms with Crippen LogP contribution in [0, 0.1) is 13.8 Å². The summed E-state index contributed by atoms with van der Waals surface area (Å²) in [5.41, 5.74) is 8.43. The van der Waals surface area contributed by atoms with Gasteiger partial charge in [-0.15, -0.1) is 11.3 Å². The summed E-state index contributed by atoms with van der Waals surface area (Å²) in [5.74, 6) is 1.76. The maximum atomic E-state index is 6.23. The number of ether oxygens (including phenoxy) is 1. The third-order valence-corrected chi connectivity index (χ3v) is 4.57. The van der Waals surface area contributed by atoms with Gasteiger partial charge >= 0.3 is 0 Å². The lowest BCUT2D eigenvalue weighted by Crippen LogP contribution is -2.06. The van der Waals surface area contributed by atoms with Crippen molar-refractivity contribution in [3.05, 3.63) is 41.2 Å². The molecule has 0 radical (unpaired) electrons. The minimum absolute atomic E-state index is 0.416. The highest BCUT2D eigenvalue weighted by Crippen LogP contribution is 2.33. The summed E-state index contributed by atoms with van der Waals surface area (Å²) in [6, 6.07) is 7.64. The lowest BCUT2D eigenvalue weighted by Gasteiger charge is -2.14. The summed E-state index contributed by atoms with van der Waals surface area (Å²) in [5, 5.41) is 7.12. The van der Waals surface area contributed by atoms with E-state index >= 15 is 0 Å². The zero-order chi connectivity index (χ0) is 17.8. The van der Waals surface area contributed by atoms with Crippen LogP contribution in [0.1, 0.15) is 17.5 Å². The van der Waals surface area contributed by atoms with Gasteiger partial charge in [0.2, 0.25) is 0 Å². The zero-order valence-corrected chi connectivity index (χ0v) is 15.1. The maximum absolute atomic E-state index is 6.23. The van der Waals surface area contributed by atoms with Gasteiger partial charge in [0.1, 0.15) is 17.8 Å². The largest absolute Gasteiger partial charge is 0.492 e. The van der Waals surface area contributed by atoms with E-state index in [4.69, 9.17) is 10.5 Å². The Morgan fingerprint density at radius 3 is 2.52 bits per heavy atom. The molecule has 0 saturated carbocycles. The summed E-state index contributed by atoms with van der Waals surface area (Å²) in [6.07, 6.45) is 1.46. The Morgan fingerprint density at radius 1 is 1.12 bits per heavy atom. The lowest BCUT2D eigenvalue weighted by atomic mass is 10.3. The summed E-state index contributed by atoms with van der Waals surface area (Å²) in [7, 11) is 0. The molecule has 0 fully saturated rings. The molecule has 8 heteroatoms. The Bertz CT molecular complexity index is 860. The van der Waals surface area contributed by atoms with Gasteiger partial charge < -0.3 is 21.1 Å². The molecule has 0 amide bonds. The van der Waals surface area contributed by atoms with Gasteiger partial charge in [-0.05, 0) is 32.9 Å². The minimum Gasteiger partial charge on any atom is -0.492 e. The van der Waals surface area contributed by atoms with Crippen LogP contribution in [0.2, 0.25) is 0 Å². The smallest absolute Gasteiger partial charge is 0.188 e. The van der Waals surface area contributed by atoms with Gasteiger partial charge in [0.25, 0.3) is 0 Å². The molecule has 1 aromatic carbocycles. The van der Waals surface area contributed by atoms with Gasteiger partial charge in [-0.1, -0.05) is 12.1 Å². The molecule has 130 valence electrons. The van der Waals surface area contributed by atoms with Crippen LogP contribution in [0.25, 0.3) is 0 Å². The Labute approximate surface area is 150 Å². The van der Waals surface area contributed by atoms with Gasteiger partial charge in [-0.25, -0.2) is 15.0 Å². The van der Waals surface area contributed by atoms with E-state index in [9.17, 15) is 0 Å². The monoisotopic (exact) mass is 356 g/mol. The summed E-state index contributed by atoms with van der Waals surface area (Å²) in [4.78, 5) is 14.1. The maximum Gasteiger partial charge on any atom is 0.188 e. The molecule has 0 aliphatic rings. The number of aryl methyl sites for hydroxylation is 2. The molecule has 2 aromatic heterocycles. The fourth-order valence-corrected chi connectivity index (χ4v) is 3.01. The SMILES string of the molecule is CCOc1ccccc1Nc1ncnc(Nc2nc(C)c(C)s2)c1N. The molecule has 7 nitrogen and oxygen atoms in total. The van der Waals surface area contributed by atoms with E-state index in [1.807, 2.05) is 45.0 Å². The van der Waals surface area contributed by atoms with Crippen LogP contribution < -0.4 is 21.1 Å². The number of anilines is 5. The second-order valence-electron chi connectivity index (χ2n) is 5.32. The number of hydrogen-bond acceptors (Lipinski definition) is 8. The fraction of sp³-hybridized carbons (Fsp3) is 0.235. The van der Waals surface area contributed by atoms with Crippen molar-refractivity contribution in [2.24, 2.45) is 0 Å². The average molecular weight is 356 g/mol. The van der Waals surface area contributed by atoms with Gasteiger partial charge in [0.05, 0.1) is 18.0 Å². The quantitative estimate of drug-likeness (QED) is 0.613. The molecule has 3 rings (SSSR count). The summed E-state index contributed by atoms with van der Waals surface area (Å²) in [6.45, 7) is 6.51.